The molecule has 8 heteroatoms. The Morgan fingerprint density at radius 2 is 2.00 bits per heavy atom. The Hall–Kier alpha value is -2.77. The summed E-state index contributed by atoms with van der Waals surface area (Å²) < 4.78 is 1.86. The molecule has 1 saturated heterocycles. The molecular weight excluding hydrogens is 316 g/mol. The predicted molar refractivity (Wildman–Crippen MR) is 95.7 cm³/mol. The van der Waals surface area contributed by atoms with Gasteiger partial charge in [0.05, 0.1) is 0 Å². The smallest absolute Gasteiger partial charge is 0.178 e. The number of nitrogens with zero attached hydrogens (tertiary/aromatic N) is 7. The molecule has 0 unspecified atom stereocenters. The van der Waals surface area contributed by atoms with Gasteiger partial charge in [-0.15, -0.1) is 15.3 Å². The number of aromatic nitrogens is 6. The second kappa shape index (κ2) is 5.94. The molecule has 0 saturated carbocycles. The molecule has 8 nitrogen and oxygen atoms in total. The summed E-state index contributed by atoms with van der Waals surface area (Å²) in [5, 5.41) is 16.6. The van der Waals surface area contributed by atoms with Gasteiger partial charge in [0.1, 0.15) is 18.0 Å². The van der Waals surface area contributed by atoms with Crippen LogP contribution in [-0.2, 0) is 5.41 Å². The summed E-state index contributed by atoms with van der Waals surface area (Å²) in [5.41, 5.74) is 0.695. The molecule has 1 aliphatic heterocycles. The SMILES string of the molecule is CC(C)(C)c1nnc2ccc(N3CC(CNc4ccncn4)C3)nn12. The van der Waals surface area contributed by atoms with Crippen molar-refractivity contribution in [1.82, 2.24) is 29.8 Å². The minimum absolute atomic E-state index is 0.0933. The Bertz CT molecular complexity index is 861. The van der Waals surface area contributed by atoms with Gasteiger partial charge in [-0.2, -0.15) is 4.52 Å². The van der Waals surface area contributed by atoms with Crippen LogP contribution in [0.15, 0.2) is 30.7 Å². The van der Waals surface area contributed by atoms with E-state index in [1.54, 1.807) is 12.5 Å². The van der Waals surface area contributed by atoms with Crippen molar-refractivity contribution in [3.05, 3.63) is 36.5 Å². The zero-order valence-electron chi connectivity index (χ0n) is 14.7. The van der Waals surface area contributed by atoms with E-state index in [-0.39, 0.29) is 5.41 Å². The van der Waals surface area contributed by atoms with Crippen molar-refractivity contribution in [2.45, 2.75) is 26.2 Å². The van der Waals surface area contributed by atoms with Crippen molar-refractivity contribution >= 4 is 17.3 Å². The predicted octanol–water partition coefficient (Wildman–Crippen LogP) is 1.76. The lowest BCUT2D eigenvalue weighted by Gasteiger charge is -2.40. The van der Waals surface area contributed by atoms with Gasteiger partial charge in [-0.3, -0.25) is 0 Å². The Balaban J connectivity index is 1.42. The number of nitrogens with one attached hydrogen (secondary N) is 1. The molecule has 1 aliphatic rings. The third kappa shape index (κ3) is 3.11. The first-order chi connectivity index (χ1) is 12.0. The lowest BCUT2D eigenvalue weighted by atomic mass is 9.96. The summed E-state index contributed by atoms with van der Waals surface area (Å²) in [5.74, 6) is 3.30. The van der Waals surface area contributed by atoms with E-state index in [0.717, 1.165) is 42.7 Å². The van der Waals surface area contributed by atoms with Crippen LogP contribution in [-0.4, -0.2) is 49.4 Å². The van der Waals surface area contributed by atoms with E-state index in [1.165, 1.54) is 0 Å². The van der Waals surface area contributed by atoms with Crippen LogP contribution in [0.25, 0.3) is 5.65 Å². The number of hydrogen-bond acceptors (Lipinski definition) is 7. The van der Waals surface area contributed by atoms with E-state index in [2.05, 4.69) is 51.2 Å². The zero-order valence-corrected chi connectivity index (χ0v) is 14.7. The molecule has 0 aromatic carbocycles. The normalized spacial score (nSPS) is 15.4. The molecule has 4 heterocycles. The lowest BCUT2D eigenvalue weighted by Crippen LogP contribution is -2.50. The van der Waals surface area contributed by atoms with Crippen molar-refractivity contribution in [1.29, 1.82) is 0 Å². The summed E-state index contributed by atoms with van der Waals surface area (Å²) in [7, 11) is 0. The first kappa shape index (κ1) is 15.7. The molecule has 25 heavy (non-hydrogen) atoms. The maximum atomic E-state index is 4.75. The van der Waals surface area contributed by atoms with Gasteiger partial charge < -0.3 is 10.2 Å². The van der Waals surface area contributed by atoms with Crippen LogP contribution in [0.1, 0.15) is 26.6 Å². The number of hydrogen-bond donors (Lipinski definition) is 1. The molecule has 1 N–H and O–H groups in total. The monoisotopic (exact) mass is 338 g/mol. The van der Waals surface area contributed by atoms with Crippen molar-refractivity contribution < 1.29 is 0 Å². The topological polar surface area (TPSA) is 84.1 Å². The molecule has 0 atom stereocenters. The molecule has 1 fully saturated rings. The first-order valence-electron chi connectivity index (χ1n) is 8.48. The number of anilines is 2. The maximum Gasteiger partial charge on any atom is 0.178 e. The van der Waals surface area contributed by atoms with Gasteiger partial charge >= 0.3 is 0 Å². The minimum Gasteiger partial charge on any atom is -0.370 e. The van der Waals surface area contributed by atoms with E-state index in [9.17, 15) is 0 Å². The molecule has 0 bridgehead atoms. The van der Waals surface area contributed by atoms with E-state index < -0.39 is 0 Å². The van der Waals surface area contributed by atoms with E-state index in [4.69, 9.17) is 5.10 Å². The van der Waals surface area contributed by atoms with E-state index in [1.807, 2.05) is 22.7 Å². The molecule has 0 spiro atoms. The van der Waals surface area contributed by atoms with Crippen LogP contribution in [0.3, 0.4) is 0 Å². The van der Waals surface area contributed by atoms with Gasteiger partial charge in [-0.1, -0.05) is 20.8 Å². The highest BCUT2D eigenvalue weighted by atomic mass is 15.4. The molecule has 0 aliphatic carbocycles. The molecule has 0 radical (unpaired) electrons. The Labute approximate surface area is 146 Å². The first-order valence-corrected chi connectivity index (χ1v) is 8.48. The average Bonchev–Trinajstić information content (AvgIpc) is 2.98. The molecule has 0 amide bonds. The molecule has 4 rings (SSSR count). The quantitative estimate of drug-likeness (QED) is 0.776. The molecule has 3 aromatic heterocycles. The summed E-state index contributed by atoms with van der Waals surface area (Å²) in [4.78, 5) is 10.4. The van der Waals surface area contributed by atoms with Crippen LogP contribution >= 0.6 is 0 Å². The summed E-state index contributed by atoms with van der Waals surface area (Å²) in [6, 6.07) is 5.88. The fraction of sp³-hybridized carbons (Fsp3) is 0.471. The highest BCUT2D eigenvalue weighted by Gasteiger charge is 2.29. The average molecular weight is 338 g/mol. The number of rotatable bonds is 4. The lowest BCUT2D eigenvalue weighted by molar-refractivity contribution is 0.423. The third-order valence-corrected chi connectivity index (χ3v) is 4.35. The van der Waals surface area contributed by atoms with E-state index in [0.29, 0.717) is 5.92 Å². The van der Waals surface area contributed by atoms with Crippen LogP contribution in [0.4, 0.5) is 11.6 Å². The van der Waals surface area contributed by atoms with Crippen molar-refractivity contribution in [2.24, 2.45) is 5.92 Å². The van der Waals surface area contributed by atoms with Crippen LogP contribution in [0, 0.1) is 5.92 Å². The van der Waals surface area contributed by atoms with Gasteiger partial charge in [0, 0.05) is 37.2 Å². The Kier molecular flexibility index (Phi) is 3.74. The van der Waals surface area contributed by atoms with Crippen LogP contribution in [0.2, 0.25) is 0 Å². The standard InChI is InChI=1S/C17H22N8/c1-17(2,3)16-22-21-14-4-5-15(23-25(14)16)24-9-12(10-24)8-19-13-6-7-18-11-20-13/h4-7,11-12H,8-10H2,1-3H3,(H,18,19,20). The summed E-state index contributed by atoms with van der Waals surface area (Å²) in [6.07, 6.45) is 3.30. The highest BCUT2D eigenvalue weighted by Crippen LogP contribution is 2.25. The van der Waals surface area contributed by atoms with Crippen molar-refractivity contribution in [3.8, 4) is 0 Å². The second-order valence-electron chi connectivity index (χ2n) is 7.48. The van der Waals surface area contributed by atoms with Crippen molar-refractivity contribution in [2.75, 3.05) is 29.9 Å². The molecular formula is C17H22N8. The van der Waals surface area contributed by atoms with Gasteiger partial charge in [0.25, 0.3) is 0 Å². The highest BCUT2D eigenvalue weighted by molar-refractivity contribution is 5.48. The van der Waals surface area contributed by atoms with Gasteiger partial charge in [0.15, 0.2) is 11.5 Å². The van der Waals surface area contributed by atoms with Gasteiger partial charge in [0.2, 0.25) is 0 Å². The van der Waals surface area contributed by atoms with Crippen LogP contribution < -0.4 is 10.2 Å². The van der Waals surface area contributed by atoms with Crippen LogP contribution in [0.5, 0.6) is 0 Å². The zero-order chi connectivity index (χ0) is 17.4. The summed E-state index contributed by atoms with van der Waals surface area (Å²) >= 11 is 0. The summed E-state index contributed by atoms with van der Waals surface area (Å²) in [6.45, 7) is 9.21. The van der Waals surface area contributed by atoms with Gasteiger partial charge in [-0.05, 0) is 18.2 Å². The van der Waals surface area contributed by atoms with Gasteiger partial charge in [-0.25, -0.2) is 9.97 Å². The minimum atomic E-state index is -0.0933. The fourth-order valence-corrected chi connectivity index (χ4v) is 2.95. The Morgan fingerprint density at radius 1 is 1.16 bits per heavy atom. The maximum absolute atomic E-state index is 4.75. The van der Waals surface area contributed by atoms with Crippen molar-refractivity contribution in [3.63, 3.8) is 0 Å². The van der Waals surface area contributed by atoms with E-state index >= 15 is 0 Å². The second-order valence-corrected chi connectivity index (χ2v) is 7.48. The largest absolute Gasteiger partial charge is 0.370 e. The molecule has 3 aromatic rings. The fourth-order valence-electron chi connectivity index (χ4n) is 2.95. The third-order valence-electron chi connectivity index (χ3n) is 4.35. The Morgan fingerprint density at radius 3 is 2.72 bits per heavy atom. The molecule has 130 valence electrons. The number of fused-ring (bicyclic) bond motifs is 1.